The Balaban J connectivity index is 1.67. The molecule has 0 amide bonds. The number of nitrogens with one attached hydrogen (secondary N) is 1. The molecule has 4 aromatic rings. The Morgan fingerprint density at radius 3 is 2.59 bits per heavy atom. The van der Waals surface area contributed by atoms with Crippen LogP contribution in [0.15, 0.2) is 47.3 Å². The molecule has 6 heteroatoms. The number of nitrogens with zero attached hydrogens (tertiary/aromatic N) is 2. The Hall–Kier alpha value is -3.54. The molecule has 0 aliphatic rings. The lowest BCUT2D eigenvalue weighted by molar-refractivity contribution is 0.0460. The highest BCUT2D eigenvalue weighted by Crippen LogP contribution is 2.24. The summed E-state index contributed by atoms with van der Waals surface area (Å²) >= 11 is 0. The van der Waals surface area contributed by atoms with E-state index in [1.165, 1.54) is 0 Å². The zero-order valence-electron chi connectivity index (χ0n) is 16.6. The maximum atomic E-state index is 12.9. The van der Waals surface area contributed by atoms with Crippen LogP contribution in [0.25, 0.3) is 21.8 Å². The van der Waals surface area contributed by atoms with E-state index in [0.29, 0.717) is 34.4 Å². The van der Waals surface area contributed by atoms with E-state index in [2.05, 4.69) is 15.0 Å². The summed E-state index contributed by atoms with van der Waals surface area (Å²) in [6.07, 6.45) is 0.611. The number of hydrogen-bond acceptors (Lipinski definition) is 5. The third kappa shape index (κ3) is 3.38. The molecule has 0 aliphatic carbocycles. The maximum Gasteiger partial charge on any atom is 0.340 e. The minimum Gasteiger partial charge on any atom is -0.454 e. The molecule has 6 nitrogen and oxygen atoms in total. The molecule has 1 N–H and O–H groups in total. The van der Waals surface area contributed by atoms with Gasteiger partial charge in [-0.25, -0.2) is 9.78 Å². The molecule has 0 fully saturated rings. The largest absolute Gasteiger partial charge is 0.454 e. The molecule has 146 valence electrons. The number of aromatic amines is 1. The second-order valence-electron chi connectivity index (χ2n) is 6.99. The Morgan fingerprint density at radius 1 is 1.03 bits per heavy atom. The first-order valence-corrected chi connectivity index (χ1v) is 9.53. The number of fused-ring (bicyclic) bond motifs is 2. The molecule has 2 aromatic heterocycles. The quantitative estimate of drug-likeness (QED) is 0.535. The number of H-pyrrole nitrogens is 1. The van der Waals surface area contributed by atoms with Crippen LogP contribution >= 0.6 is 0 Å². The van der Waals surface area contributed by atoms with Crippen LogP contribution < -0.4 is 5.56 Å². The topological polar surface area (TPSA) is 84.9 Å². The number of esters is 1. The SMILES string of the molecule is CCc1nc2ccccc2c(C)c1C(=O)OCc1nc2c(C)cccc2c(=O)[nH]1. The first-order valence-electron chi connectivity index (χ1n) is 9.53. The monoisotopic (exact) mass is 387 g/mol. The van der Waals surface area contributed by atoms with E-state index in [-0.39, 0.29) is 12.2 Å². The number of pyridine rings is 1. The second kappa shape index (κ2) is 7.47. The first-order chi connectivity index (χ1) is 14.0. The zero-order valence-corrected chi connectivity index (χ0v) is 16.6. The van der Waals surface area contributed by atoms with Crippen molar-refractivity contribution in [2.75, 3.05) is 0 Å². The molecule has 0 spiro atoms. The highest BCUT2D eigenvalue weighted by molar-refractivity contribution is 5.98. The summed E-state index contributed by atoms with van der Waals surface area (Å²) in [6, 6.07) is 13.2. The molecule has 0 bridgehead atoms. The summed E-state index contributed by atoms with van der Waals surface area (Å²) in [5, 5.41) is 1.44. The molecule has 0 unspecified atom stereocenters. The molecular weight excluding hydrogens is 366 g/mol. The fraction of sp³-hybridized carbons (Fsp3) is 0.217. The van der Waals surface area contributed by atoms with Gasteiger partial charge in [-0.1, -0.05) is 37.3 Å². The average Bonchev–Trinajstić information content (AvgIpc) is 2.72. The molecule has 0 saturated heterocycles. The number of aromatic nitrogens is 3. The Kier molecular flexibility index (Phi) is 4.84. The van der Waals surface area contributed by atoms with Crippen LogP contribution in [0.4, 0.5) is 0 Å². The fourth-order valence-corrected chi connectivity index (χ4v) is 3.59. The van der Waals surface area contributed by atoms with Crippen molar-refractivity contribution in [2.24, 2.45) is 0 Å². The summed E-state index contributed by atoms with van der Waals surface area (Å²) in [5.41, 5.74) is 4.13. The van der Waals surface area contributed by atoms with Gasteiger partial charge >= 0.3 is 5.97 Å². The number of carbonyl (C=O) groups is 1. The van der Waals surface area contributed by atoms with Crippen molar-refractivity contribution in [2.45, 2.75) is 33.8 Å². The molecule has 29 heavy (non-hydrogen) atoms. The summed E-state index contributed by atoms with van der Waals surface area (Å²) < 4.78 is 5.52. The van der Waals surface area contributed by atoms with Gasteiger partial charge in [-0.2, -0.15) is 0 Å². The van der Waals surface area contributed by atoms with Crippen LogP contribution in [0, 0.1) is 13.8 Å². The van der Waals surface area contributed by atoms with E-state index >= 15 is 0 Å². The second-order valence-corrected chi connectivity index (χ2v) is 6.99. The lowest BCUT2D eigenvalue weighted by atomic mass is 10.0. The van der Waals surface area contributed by atoms with Gasteiger partial charge in [0.2, 0.25) is 0 Å². The van der Waals surface area contributed by atoms with Crippen molar-refractivity contribution in [3.05, 3.63) is 81.0 Å². The number of aryl methyl sites for hydroxylation is 3. The molecule has 0 radical (unpaired) electrons. The molecule has 2 heterocycles. The van der Waals surface area contributed by atoms with E-state index in [0.717, 1.165) is 22.0 Å². The van der Waals surface area contributed by atoms with Gasteiger partial charge in [0.15, 0.2) is 0 Å². The first kappa shape index (κ1) is 18.8. The van der Waals surface area contributed by atoms with Gasteiger partial charge in [-0.15, -0.1) is 0 Å². The van der Waals surface area contributed by atoms with Crippen molar-refractivity contribution in [1.82, 2.24) is 15.0 Å². The molecular formula is C23H21N3O3. The van der Waals surface area contributed by atoms with Gasteiger partial charge < -0.3 is 9.72 Å². The van der Waals surface area contributed by atoms with E-state index in [4.69, 9.17) is 4.74 Å². The van der Waals surface area contributed by atoms with Crippen LogP contribution in [-0.4, -0.2) is 20.9 Å². The van der Waals surface area contributed by atoms with Crippen molar-refractivity contribution >= 4 is 27.8 Å². The molecule has 4 rings (SSSR count). The van der Waals surface area contributed by atoms with Gasteiger partial charge in [0.25, 0.3) is 5.56 Å². The lowest BCUT2D eigenvalue weighted by Crippen LogP contribution is -2.16. The van der Waals surface area contributed by atoms with Gasteiger partial charge in [-0.3, -0.25) is 9.78 Å². The van der Waals surface area contributed by atoms with E-state index < -0.39 is 5.97 Å². The van der Waals surface area contributed by atoms with Crippen LogP contribution in [0.5, 0.6) is 0 Å². The average molecular weight is 387 g/mol. The summed E-state index contributed by atoms with van der Waals surface area (Å²) in [7, 11) is 0. The number of para-hydroxylation sites is 2. The van der Waals surface area contributed by atoms with Crippen LogP contribution in [0.3, 0.4) is 0 Å². The Labute approximate surface area is 167 Å². The Morgan fingerprint density at radius 2 is 1.79 bits per heavy atom. The van der Waals surface area contributed by atoms with E-state index in [1.807, 2.05) is 57.2 Å². The third-order valence-electron chi connectivity index (χ3n) is 5.09. The smallest absolute Gasteiger partial charge is 0.340 e. The van der Waals surface area contributed by atoms with E-state index in [9.17, 15) is 9.59 Å². The lowest BCUT2D eigenvalue weighted by Gasteiger charge is -2.13. The summed E-state index contributed by atoms with van der Waals surface area (Å²) in [6.45, 7) is 5.63. The van der Waals surface area contributed by atoms with Crippen LogP contribution in [0.2, 0.25) is 0 Å². The van der Waals surface area contributed by atoms with Gasteiger partial charge in [-0.05, 0) is 43.5 Å². The number of rotatable bonds is 4. The van der Waals surface area contributed by atoms with Gasteiger partial charge in [0, 0.05) is 5.39 Å². The standard InChI is InChI=1S/C23H21N3O3/c1-4-17-20(14(3)15-9-5-6-11-18(15)24-17)23(28)29-12-19-25-21-13(2)8-7-10-16(21)22(27)26-19/h5-11H,4,12H2,1-3H3,(H,25,26,27). The molecule has 0 atom stereocenters. The maximum absolute atomic E-state index is 12.9. The normalized spacial score (nSPS) is 11.1. The number of ether oxygens (including phenoxy) is 1. The Bertz CT molecular complexity index is 1310. The minimum absolute atomic E-state index is 0.117. The van der Waals surface area contributed by atoms with Crippen LogP contribution in [-0.2, 0) is 17.8 Å². The molecule has 2 aromatic carbocycles. The van der Waals surface area contributed by atoms with Gasteiger partial charge in [0.1, 0.15) is 12.4 Å². The van der Waals surface area contributed by atoms with Crippen molar-refractivity contribution in [3.63, 3.8) is 0 Å². The number of carbonyl (C=O) groups excluding carboxylic acids is 1. The molecule has 0 aliphatic heterocycles. The fourth-order valence-electron chi connectivity index (χ4n) is 3.59. The van der Waals surface area contributed by atoms with Crippen LogP contribution in [0.1, 0.15) is 39.9 Å². The predicted octanol–water partition coefficient (Wildman–Crippen LogP) is 4.01. The minimum atomic E-state index is -0.467. The highest BCUT2D eigenvalue weighted by atomic mass is 16.5. The summed E-state index contributed by atoms with van der Waals surface area (Å²) in [5.74, 6) is -0.153. The summed E-state index contributed by atoms with van der Waals surface area (Å²) in [4.78, 5) is 37.0. The van der Waals surface area contributed by atoms with Crippen molar-refractivity contribution in [3.8, 4) is 0 Å². The number of benzene rings is 2. The highest BCUT2D eigenvalue weighted by Gasteiger charge is 2.19. The van der Waals surface area contributed by atoms with Gasteiger partial charge in [0.05, 0.1) is 27.7 Å². The van der Waals surface area contributed by atoms with Crippen molar-refractivity contribution in [1.29, 1.82) is 0 Å². The third-order valence-corrected chi connectivity index (χ3v) is 5.09. The number of hydrogen-bond donors (Lipinski definition) is 1. The predicted molar refractivity (Wildman–Crippen MR) is 112 cm³/mol. The van der Waals surface area contributed by atoms with E-state index in [1.54, 1.807) is 6.07 Å². The molecule has 0 saturated carbocycles. The zero-order chi connectivity index (χ0) is 20.5. The van der Waals surface area contributed by atoms with Crippen molar-refractivity contribution < 1.29 is 9.53 Å².